The van der Waals surface area contributed by atoms with E-state index >= 15 is 0 Å². The molecule has 2 atom stereocenters. The molecule has 2 aromatic rings. The van der Waals surface area contributed by atoms with Crippen LogP contribution in [0.5, 0.6) is 0 Å². The van der Waals surface area contributed by atoms with Gasteiger partial charge in [0.15, 0.2) is 0 Å². The maximum absolute atomic E-state index is 13.0. The monoisotopic (exact) mass is 364 g/mol. The van der Waals surface area contributed by atoms with Gasteiger partial charge in [-0.3, -0.25) is 0 Å². The van der Waals surface area contributed by atoms with Crippen LogP contribution < -0.4 is 0 Å². The second kappa shape index (κ2) is 6.97. The summed E-state index contributed by atoms with van der Waals surface area (Å²) in [4.78, 5) is 1.44. The highest BCUT2D eigenvalue weighted by atomic mass is 79.9. The van der Waals surface area contributed by atoms with E-state index in [0.29, 0.717) is 11.2 Å². The number of thioether (sulfide) groups is 1. The molecule has 0 radical (unpaired) electrons. The number of halogens is 2. The van der Waals surface area contributed by atoms with E-state index in [1.807, 2.05) is 23.9 Å². The number of hydrogen-bond donors (Lipinski definition) is 0. The van der Waals surface area contributed by atoms with Crippen LogP contribution in [0.3, 0.4) is 0 Å². The first-order chi connectivity index (χ1) is 10.2. The summed E-state index contributed by atoms with van der Waals surface area (Å²) in [5.41, 5.74) is 2.71. The number of benzene rings is 2. The largest absolute Gasteiger partial charge is 0.207 e. The molecule has 1 heterocycles. The molecule has 21 heavy (non-hydrogen) atoms. The molecule has 3 rings (SSSR count). The summed E-state index contributed by atoms with van der Waals surface area (Å²) in [6.45, 7) is 0. The van der Waals surface area contributed by atoms with Crippen LogP contribution in [-0.4, -0.2) is 10.6 Å². The smallest absolute Gasteiger partial charge is 0.123 e. The maximum Gasteiger partial charge on any atom is 0.123 e. The van der Waals surface area contributed by atoms with Crippen LogP contribution in [0.25, 0.3) is 0 Å². The van der Waals surface area contributed by atoms with E-state index < -0.39 is 0 Å². The minimum atomic E-state index is -0.157. The highest BCUT2D eigenvalue weighted by Crippen LogP contribution is 2.40. The summed E-state index contributed by atoms with van der Waals surface area (Å²) in [6.07, 6.45) is 3.38. The van der Waals surface area contributed by atoms with Crippen LogP contribution in [0.1, 0.15) is 17.5 Å². The van der Waals surface area contributed by atoms with Crippen molar-refractivity contribution in [2.45, 2.75) is 29.4 Å². The fourth-order valence-electron chi connectivity index (χ4n) is 2.91. The number of hydrogen-bond acceptors (Lipinski definition) is 1. The van der Waals surface area contributed by atoms with Crippen molar-refractivity contribution >= 4 is 27.7 Å². The second-order valence-electron chi connectivity index (χ2n) is 5.64. The molecule has 110 valence electrons. The molecule has 0 spiro atoms. The van der Waals surface area contributed by atoms with E-state index in [-0.39, 0.29) is 5.82 Å². The third-order valence-corrected chi connectivity index (χ3v) is 6.23. The Morgan fingerprint density at radius 2 is 1.90 bits per heavy atom. The van der Waals surface area contributed by atoms with Crippen molar-refractivity contribution in [1.29, 1.82) is 0 Å². The van der Waals surface area contributed by atoms with Crippen molar-refractivity contribution in [3.63, 3.8) is 0 Å². The summed E-state index contributed by atoms with van der Waals surface area (Å²) in [5, 5.41) is 1.67. The molecule has 0 aliphatic carbocycles. The molecule has 0 amide bonds. The van der Waals surface area contributed by atoms with E-state index in [4.69, 9.17) is 0 Å². The number of fused-ring (bicyclic) bond motifs is 1. The molecule has 2 aromatic carbocycles. The molecule has 0 nitrogen and oxygen atoms in total. The van der Waals surface area contributed by atoms with Crippen LogP contribution in [0.15, 0.2) is 53.4 Å². The molecule has 0 saturated carbocycles. The molecule has 0 fully saturated rings. The first kappa shape index (κ1) is 15.1. The lowest BCUT2D eigenvalue weighted by Gasteiger charge is -2.18. The van der Waals surface area contributed by atoms with Gasteiger partial charge < -0.3 is 0 Å². The Labute approximate surface area is 138 Å². The summed E-state index contributed by atoms with van der Waals surface area (Å²) >= 11 is 5.66. The zero-order chi connectivity index (χ0) is 14.7. The predicted octanol–water partition coefficient (Wildman–Crippen LogP) is 5.49. The van der Waals surface area contributed by atoms with Crippen LogP contribution in [0.2, 0.25) is 0 Å². The van der Waals surface area contributed by atoms with Gasteiger partial charge in [0.25, 0.3) is 0 Å². The summed E-state index contributed by atoms with van der Waals surface area (Å²) in [5.74, 6) is 0.443. The van der Waals surface area contributed by atoms with Gasteiger partial charge in [0, 0.05) is 15.5 Å². The zero-order valence-electron chi connectivity index (χ0n) is 11.8. The average molecular weight is 365 g/mol. The van der Waals surface area contributed by atoms with Gasteiger partial charge in [-0.2, -0.15) is 0 Å². The van der Waals surface area contributed by atoms with Crippen LogP contribution in [0.4, 0.5) is 4.39 Å². The Morgan fingerprint density at radius 1 is 1.14 bits per heavy atom. The van der Waals surface area contributed by atoms with Gasteiger partial charge in [-0.15, -0.1) is 11.8 Å². The standard InChI is InChI=1S/C18H18BrFS/c19-12-14(9-13-5-7-16(20)8-6-13)10-17-11-15-3-1-2-4-18(15)21-17/h1-8,14,17H,9-12H2. The van der Waals surface area contributed by atoms with E-state index in [0.717, 1.165) is 11.8 Å². The maximum atomic E-state index is 13.0. The summed E-state index contributed by atoms with van der Waals surface area (Å²) < 4.78 is 13.0. The number of rotatable bonds is 5. The van der Waals surface area contributed by atoms with Crippen LogP contribution in [0, 0.1) is 11.7 Å². The van der Waals surface area contributed by atoms with Gasteiger partial charge in [-0.1, -0.05) is 46.3 Å². The normalized spacial score (nSPS) is 18.5. The molecule has 0 aromatic heterocycles. The van der Waals surface area contributed by atoms with Crippen molar-refractivity contribution in [1.82, 2.24) is 0 Å². The van der Waals surface area contributed by atoms with Gasteiger partial charge in [-0.05, 0) is 54.5 Å². The lowest BCUT2D eigenvalue weighted by molar-refractivity contribution is 0.529. The SMILES string of the molecule is Fc1ccc(CC(CBr)CC2Cc3ccccc3S2)cc1. The first-order valence-corrected chi connectivity index (χ1v) is 9.29. The molecule has 0 saturated heterocycles. The van der Waals surface area contributed by atoms with Gasteiger partial charge in [0.2, 0.25) is 0 Å². The zero-order valence-corrected chi connectivity index (χ0v) is 14.2. The molecule has 1 aliphatic heterocycles. The van der Waals surface area contributed by atoms with Crippen molar-refractivity contribution in [2.24, 2.45) is 5.92 Å². The Morgan fingerprint density at radius 3 is 2.62 bits per heavy atom. The Hall–Kier alpha value is -0.800. The molecule has 3 heteroatoms. The van der Waals surface area contributed by atoms with Gasteiger partial charge in [0.1, 0.15) is 5.82 Å². The van der Waals surface area contributed by atoms with Gasteiger partial charge in [-0.25, -0.2) is 4.39 Å². The van der Waals surface area contributed by atoms with E-state index in [2.05, 4.69) is 40.2 Å². The Balaban J connectivity index is 1.60. The highest BCUT2D eigenvalue weighted by Gasteiger charge is 2.24. The fourth-order valence-corrected chi connectivity index (χ4v) is 4.86. The van der Waals surface area contributed by atoms with Crippen molar-refractivity contribution < 1.29 is 4.39 Å². The third-order valence-electron chi connectivity index (χ3n) is 3.97. The lowest BCUT2D eigenvalue weighted by atomic mass is 9.94. The highest BCUT2D eigenvalue weighted by molar-refractivity contribution is 9.09. The summed E-state index contributed by atoms with van der Waals surface area (Å²) in [6, 6.07) is 15.6. The van der Waals surface area contributed by atoms with Crippen LogP contribution >= 0.6 is 27.7 Å². The third kappa shape index (κ3) is 3.89. The van der Waals surface area contributed by atoms with Crippen LogP contribution in [-0.2, 0) is 12.8 Å². The van der Waals surface area contributed by atoms with E-state index in [1.54, 1.807) is 12.1 Å². The predicted molar refractivity (Wildman–Crippen MR) is 91.8 cm³/mol. The van der Waals surface area contributed by atoms with Gasteiger partial charge in [0.05, 0.1) is 0 Å². The lowest BCUT2D eigenvalue weighted by Crippen LogP contribution is -2.14. The second-order valence-corrected chi connectivity index (χ2v) is 7.63. The molecule has 0 bridgehead atoms. The van der Waals surface area contributed by atoms with Crippen molar-refractivity contribution in [3.8, 4) is 0 Å². The molecule has 0 N–H and O–H groups in total. The topological polar surface area (TPSA) is 0 Å². The minimum Gasteiger partial charge on any atom is -0.207 e. The Bertz CT molecular complexity index is 571. The summed E-state index contributed by atoms with van der Waals surface area (Å²) in [7, 11) is 0. The number of alkyl halides is 1. The molecular weight excluding hydrogens is 347 g/mol. The average Bonchev–Trinajstić information content (AvgIpc) is 2.91. The molecular formula is C18H18BrFS. The quantitative estimate of drug-likeness (QED) is 0.632. The minimum absolute atomic E-state index is 0.157. The Kier molecular flexibility index (Phi) is 5.02. The van der Waals surface area contributed by atoms with E-state index in [9.17, 15) is 4.39 Å². The van der Waals surface area contributed by atoms with E-state index in [1.165, 1.54) is 28.9 Å². The molecule has 2 unspecified atom stereocenters. The van der Waals surface area contributed by atoms with Crippen molar-refractivity contribution in [2.75, 3.05) is 5.33 Å². The fraction of sp³-hybridized carbons (Fsp3) is 0.333. The van der Waals surface area contributed by atoms with Gasteiger partial charge >= 0.3 is 0 Å². The van der Waals surface area contributed by atoms with Crippen molar-refractivity contribution in [3.05, 3.63) is 65.5 Å². The first-order valence-electron chi connectivity index (χ1n) is 7.29. The molecule has 1 aliphatic rings.